The Balaban J connectivity index is 1.57. The first kappa shape index (κ1) is 20.3. The lowest BCUT2D eigenvalue weighted by atomic mass is 10.1. The Hall–Kier alpha value is -2.45. The molecule has 2 N–H and O–H groups in total. The predicted octanol–water partition coefficient (Wildman–Crippen LogP) is 3.51. The molecule has 1 aliphatic heterocycles. The first-order chi connectivity index (χ1) is 13.5. The summed E-state index contributed by atoms with van der Waals surface area (Å²) in [5.74, 6) is -1.40. The first-order valence-electron chi connectivity index (χ1n) is 8.89. The summed E-state index contributed by atoms with van der Waals surface area (Å²) < 4.78 is 25.0. The minimum atomic E-state index is -0.573. The molecule has 0 aromatic heterocycles. The monoisotopic (exact) mass is 450 g/mol. The van der Waals surface area contributed by atoms with Gasteiger partial charge in [-0.2, -0.15) is 0 Å². The van der Waals surface area contributed by atoms with Gasteiger partial charge in [0.15, 0.2) is 18.2 Å². The van der Waals surface area contributed by atoms with Crippen molar-refractivity contribution in [3.63, 3.8) is 0 Å². The maximum Gasteiger partial charge on any atom is 0.262 e. The van der Waals surface area contributed by atoms with Crippen molar-refractivity contribution in [2.24, 2.45) is 0 Å². The molecular weight excluding hydrogens is 431 g/mol. The topological polar surface area (TPSA) is 76.7 Å². The van der Waals surface area contributed by atoms with Crippen LogP contribution in [-0.2, 0) is 9.53 Å². The number of ether oxygens (including phenoxy) is 2. The molecule has 0 spiro atoms. The zero-order valence-corrected chi connectivity index (χ0v) is 16.6. The van der Waals surface area contributed by atoms with Crippen LogP contribution in [0.3, 0.4) is 0 Å². The summed E-state index contributed by atoms with van der Waals surface area (Å²) >= 11 is 3.16. The molecule has 2 amide bonds. The molecule has 28 heavy (non-hydrogen) atoms. The number of hydrogen-bond donors (Lipinski definition) is 2. The van der Waals surface area contributed by atoms with E-state index in [1.165, 1.54) is 12.1 Å². The van der Waals surface area contributed by atoms with Crippen molar-refractivity contribution in [3.05, 3.63) is 58.3 Å². The number of nitrogens with one attached hydrogen (secondary N) is 2. The molecule has 6 nitrogen and oxygen atoms in total. The fourth-order valence-corrected chi connectivity index (χ4v) is 3.15. The van der Waals surface area contributed by atoms with Gasteiger partial charge >= 0.3 is 0 Å². The van der Waals surface area contributed by atoms with Gasteiger partial charge in [0.05, 0.1) is 17.4 Å². The van der Waals surface area contributed by atoms with Crippen LogP contribution in [0.1, 0.15) is 23.2 Å². The lowest BCUT2D eigenvalue weighted by Crippen LogP contribution is -2.32. The van der Waals surface area contributed by atoms with Gasteiger partial charge in [0, 0.05) is 17.6 Å². The van der Waals surface area contributed by atoms with Crippen LogP contribution in [0.5, 0.6) is 5.75 Å². The van der Waals surface area contributed by atoms with Gasteiger partial charge in [-0.1, -0.05) is 28.1 Å². The lowest BCUT2D eigenvalue weighted by molar-refractivity contribution is -0.118. The molecule has 0 radical (unpaired) electrons. The van der Waals surface area contributed by atoms with Crippen LogP contribution in [0.4, 0.5) is 10.1 Å². The molecule has 2 aromatic rings. The van der Waals surface area contributed by atoms with Crippen LogP contribution >= 0.6 is 15.9 Å². The van der Waals surface area contributed by atoms with E-state index in [1.807, 2.05) is 0 Å². The van der Waals surface area contributed by atoms with Crippen molar-refractivity contribution in [1.29, 1.82) is 0 Å². The SMILES string of the molecule is O=C(COc1ccc(Br)cc1F)Nc1ccccc1C(=O)NCC1CCCO1. The van der Waals surface area contributed by atoms with Crippen molar-refractivity contribution in [2.45, 2.75) is 18.9 Å². The molecule has 1 saturated heterocycles. The van der Waals surface area contributed by atoms with Crippen molar-refractivity contribution < 1.29 is 23.5 Å². The van der Waals surface area contributed by atoms with Gasteiger partial charge in [0.25, 0.3) is 11.8 Å². The highest BCUT2D eigenvalue weighted by molar-refractivity contribution is 9.10. The fraction of sp³-hybridized carbons (Fsp3) is 0.300. The van der Waals surface area contributed by atoms with Gasteiger partial charge in [-0.25, -0.2) is 4.39 Å². The van der Waals surface area contributed by atoms with E-state index in [0.29, 0.717) is 28.9 Å². The van der Waals surface area contributed by atoms with Crippen molar-refractivity contribution in [2.75, 3.05) is 25.1 Å². The Kier molecular flexibility index (Phi) is 7.00. The minimum absolute atomic E-state index is 0.0269. The largest absolute Gasteiger partial charge is 0.481 e. The fourth-order valence-electron chi connectivity index (χ4n) is 2.82. The third-order valence-corrected chi connectivity index (χ3v) is 4.71. The average molecular weight is 451 g/mol. The second kappa shape index (κ2) is 9.66. The summed E-state index contributed by atoms with van der Waals surface area (Å²) in [5, 5.41) is 5.46. The Labute approximate surface area is 170 Å². The van der Waals surface area contributed by atoms with Gasteiger partial charge in [0.1, 0.15) is 0 Å². The summed E-state index contributed by atoms with van der Waals surface area (Å²) in [5.41, 5.74) is 0.695. The molecule has 1 aliphatic rings. The molecule has 1 fully saturated rings. The summed E-state index contributed by atoms with van der Waals surface area (Å²) in [6.45, 7) is 0.754. The molecule has 0 bridgehead atoms. The normalized spacial score (nSPS) is 15.9. The van der Waals surface area contributed by atoms with E-state index in [1.54, 1.807) is 30.3 Å². The second-order valence-electron chi connectivity index (χ2n) is 6.30. The summed E-state index contributed by atoms with van der Waals surface area (Å²) in [6.07, 6.45) is 1.94. The standard InChI is InChI=1S/C20H20BrFN2O4/c21-13-7-8-18(16(22)10-13)28-12-19(25)24-17-6-2-1-5-15(17)20(26)23-11-14-4-3-9-27-14/h1-2,5-8,10,14H,3-4,9,11-12H2,(H,23,26)(H,24,25). The highest BCUT2D eigenvalue weighted by Crippen LogP contribution is 2.21. The van der Waals surface area contributed by atoms with Crippen LogP contribution in [0.25, 0.3) is 0 Å². The van der Waals surface area contributed by atoms with Crippen LogP contribution in [0.2, 0.25) is 0 Å². The van der Waals surface area contributed by atoms with E-state index in [9.17, 15) is 14.0 Å². The predicted molar refractivity (Wildman–Crippen MR) is 106 cm³/mol. The molecule has 148 valence electrons. The van der Waals surface area contributed by atoms with E-state index in [0.717, 1.165) is 12.8 Å². The number of carbonyl (C=O) groups excluding carboxylic acids is 2. The van der Waals surface area contributed by atoms with Crippen molar-refractivity contribution in [3.8, 4) is 5.75 Å². The quantitative estimate of drug-likeness (QED) is 0.676. The Bertz CT molecular complexity index is 856. The number of hydrogen-bond acceptors (Lipinski definition) is 4. The van der Waals surface area contributed by atoms with Gasteiger partial charge < -0.3 is 20.1 Å². The maximum atomic E-state index is 13.8. The van der Waals surface area contributed by atoms with Crippen LogP contribution < -0.4 is 15.4 Å². The second-order valence-corrected chi connectivity index (χ2v) is 7.22. The molecule has 0 aliphatic carbocycles. The Morgan fingerprint density at radius 2 is 2.07 bits per heavy atom. The van der Waals surface area contributed by atoms with Crippen LogP contribution in [-0.4, -0.2) is 37.7 Å². The Morgan fingerprint density at radius 3 is 2.82 bits per heavy atom. The number of para-hydroxylation sites is 1. The summed E-state index contributed by atoms with van der Waals surface area (Å²) in [7, 11) is 0. The van der Waals surface area contributed by atoms with Gasteiger partial charge in [-0.3, -0.25) is 9.59 Å². The van der Waals surface area contributed by atoms with E-state index in [2.05, 4.69) is 26.6 Å². The molecule has 1 heterocycles. The minimum Gasteiger partial charge on any atom is -0.481 e. The molecule has 0 saturated carbocycles. The Morgan fingerprint density at radius 1 is 1.25 bits per heavy atom. The third-order valence-electron chi connectivity index (χ3n) is 4.21. The summed E-state index contributed by atoms with van der Waals surface area (Å²) in [6, 6.07) is 11.0. The zero-order valence-electron chi connectivity index (χ0n) is 15.0. The van der Waals surface area contributed by atoms with E-state index in [4.69, 9.17) is 9.47 Å². The van der Waals surface area contributed by atoms with Gasteiger partial charge in [0.2, 0.25) is 0 Å². The lowest BCUT2D eigenvalue weighted by Gasteiger charge is -2.14. The first-order valence-corrected chi connectivity index (χ1v) is 9.69. The third kappa shape index (κ3) is 5.53. The van der Waals surface area contributed by atoms with Crippen LogP contribution in [0, 0.1) is 5.82 Å². The molecular formula is C20H20BrFN2O4. The van der Waals surface area contributed by atoms with Crippen molar-refractivity contribution >= 4 is 33.4 Å². The zero-order chi connectivity index (χ0) is 19.9. The van der Waals surface area contributed by atoms with Gasteiger partial charge in [-0.15, -0.1) is 0 Å². The smallest absolute Gasteiger partial charge is 0.262 e. The molecule has 1 atom stereocenters. The molecule has 1 unspecified atom stereocenters. The number of benzene rings is 2. The number of amides is 2. The van der Waals surface area contributed by atoms with Crippen LogP contribution in [0.15, 0.2) is 46.9 Å². The molecule has 3 rings (SSSR count). The molecule has 8 heteroatoms. The summed E-state index contributed by atoms with van der Waals surface area (Å²) in [4.78, 5) is 24.6. The van der Waals surface area contributed by atoms with Gasteiger partial charge in [-0.05, 0) is 43.2 Å². The number of carbonyl (C=O) groups is 2. The van der Waals surface area contributed by atoms with Crippen molar-refractivity contribution in [1.82, 2.24) is 5.32 Å². The number of halogens is 2. The highest BCUT2D eigenvalue weighted by Gasteiger charge is 2.18. The molecule has 2 aromatic carbocycles. The van der Waals surface area contributed by atoms with E-state index < -0.39 is 11.7 Å². The maximum absolute atomic E-state index is 13.8. The highest BCUT2D eigenvalue weighted by atomic mass is 79.9. The van der Waals surface area contributed by atoms with E-state index >= 15 is 0 Å². The van der Waals surface area contributed by atoms with E-state index in [-0.39, 0.29) is 24.4 Å². The number of anilines is 1. The number of rotatable bonds is 7. The average Bonchev–Trinajstić information content (AvgIpc) is 3.19.